The molecule has 0 aliphatic heterocycles. The maximum atomic E-state index is 13.1. The van der Waals surface area contributed by atoms with Gasteiger partial charge in [-0.05, 0) is 23.3 Å². The van der Waals surface area contributed by atoms with Crippen molar-refractivity contribution in [2.75, 3.05) is 0 Å². The Balaban J connectivity index is 1.97. The number of rotatable bonds is 2. The Bertz CT molecular complexity index is 555. The predicted octanol–water partition coefficient (Wildman–Crippen LogP) is 1.42. The Kier molecular flexibility index (Phi) is 2.06. The Morgan fingerprint density at radius 2 is 2.35 bits per heavy atom. The first kappa shape index (κ1) is 10.4. The summed E-state index contributed by atoms with van der Waals surface area (Å²) in [6, 6.07) is 4.49. The normalized spacial score (nSPS) is 26.4. The van der Waals surface area contributed by atoms with Crippen molar-refractivity contribution in [1.29, 1.82) is 0 Å². The molecule has 0 unspecified atom stereocenters. The zero-order chi connectivity index (χ0) is 12.0. The first-order valence-electron chi connectivity index (χ1n) is 5.46. The molecule has 5 heteroatoms. The van der Waals surface area contributed by atoms with Gasteiger partial charge in [-0.2, -0.15) is 5.10 Å². The summed E-state index contributed by atoms with van der Waals surface area (Å²) < 4.78 is 14.7. The second-order valence-electron chi connectivity index (χ2n) is 4.47. The van der Waals surface area contributed by atoms with Crippen LogP contribution in [0.3, 0.4) is 0 Å². The summed E-state index contributed by atoms with van der Waals surface area (Å²) in [5, 5.41) is 14.6. The zero-order valence-corrected chi connectivity index (χ0v) is 9.34. The molecule has 0 bridgehead atoms. The third kappa shape index (κ3) is 1.39. The van der Waals surface area contributed by atoms with Crippen molar-refractivity contribution >= 4 is 0 Å². The van der Waals surface area contributed by atoms with Crippen molar-refractivity contribution in [3.8, 4) is 0 Å². The van der Waals surface area contributed by atoms with Gasteiger partial charge in [-0.1, -0.05) is 13.0 Å². The lowest BCUT2D eigenvalue weighted by Gasteiger charge is -2.45. The van der Waals surface area contributed by atoms with E-state index in [9.17, 15) is 9.50 Å². The molecule has 1 aromatic carbocycles. The number of hydrogen-bond acceptors (Lipinski definition) is 3. The fourth-order valence-corrected chi connectivity index (χ4v) is 2.48. The number of nitrogens with zero attached hydrogens (tertiary/aromatic N) is 3. The third-order valence-corrected chi connectivity index (χ3v) is 3.53. The Morgan fingerprint density at radius 3 is 3.06 bits per heavy atom. The van der Waals surface area contributed by atoms with Gasteiger partial charge >= 0.3 is 0 Å². The van der Waals surface area contributed by atoms with Gasteiger partial charge in [0.2, 0.25) is 0 Å². The summed E-state index contributed by atoms with van der Waals surface area (Å²) in [4.78, 5) is 3.84. The molecular formula is C12H12FN3O. The van der Waals surface area contributed by atoms with E-state index in [2.05, 4.69) is 10.1 Å². The number of halogens is 1. The smallest absolute Gasteiger partial charge is 0.137 e. The van der Waals surface area contributed by atoms with Crippen LogP contribution >= 0.6 is 0 Å². The van der Waals surface area contributed by atoms with Crippen LogP contribution in [0, 0.1) is 5.82 Å². The molecule has 88 valence electrons. The molecule has 1 N–H and O–H groups in total. The van der Waals surface area contributed by atoms with Crippen LogP contribution in [0.2, 0.25) is 0 Å². The topological polar surface area (TPSA) is 50.9 Å². The van der Waals surface area contributed by atoms with Crippen LogP contribution in [0.5, 0.6) is 0 Å². The lowest BCUT2D eigenvalue weighted by atomic mass is 9.65. The fourth-order valence-electron chi connectivity index (χ4n) is 2.48. The Morgan fingerprint density at radius 1 is 1.53 bits per heavy atom. The largest absolute Gasteiger partial charge is 0.383 e. The first-order chi connectivity index (χ1) is 8.11. The second kappa shape index (κ2) is 3.37. The molecule has 0 fully saturated rings. The maximum absolute atomic E-state index is 13.1. The van der Waals surface area contributed by atoms with Gasteiger partial charge in [-0.3, -0.25) is 0 Å². The first-order valence-corrected chi connectivity index (χ1v) is 5.46. The highest BCUT2D eigenvalue weighted by atomic mass is 19.1. The van der Waals surface area contributed by atoms with Gasteiger partial charge in [0.05, 0.1) is 6.54 Å². The fraction of sp³-hybridized carbons (Fsp3) is 0.333. The minimum atomic E-state index is -0.975. The SMILES string of the molecule is C[C@H]1c2cc(F)ccc2[C@@]1(O)Cn1cncn1. The average Bonchev–Trinajstić information content (AvgIpc) is 2.81. The maximum Gasteiger partial charge on any atom is 0.137 e. The van der Waals surface area contributed by atoms with Gasteiger partial charge in [0.1, 0.15) is 24.1 Å². The summed E-state index contributed by atoms with van der Waals surface area (Å²) in [6.45, 7) is 2.23. The average molecular weight is 233 g/mol. The van der Waals surface area contributed by atoms with E-state index in [1.807, 2.05) is 6.92 Å². The van der Waals surface area contributed by atoms with Gasteiger partial charge in [0.15, 0.2) is 0 Å². The third-order valence-electron chi connectivity index (χ3n) is 3.53. The zero-order valence-electron chi connectivity index (χ0n) is 9.34. The monoisotopic (exact) mass is 233 g/mol. The van der Waals surface area contributed by atoms with Crippen molar-refractivity contribution < 1.29 is 9.50 Å². The summed E-state index contributed by atoms with van der Waals surface area (Å²) in [5.41, 5.74) is 0.672. The molecule has 4 nitrogen and oxygen atoms in total. The minimum Gasteiger partial charge on any atom is -0.383 e. The van der Waals surface area contributed by atoms with Crippen molar-refractivity contribution in [1.82, 2.24) is 14.8 Å². The highest BCUT2D eigenvalue weighted by Crippen LogP contribution is 2.50. The van der Waals surface area contributed by atoms with Gasteiger partial charge in [0, 0.05) is 5.92 Å². The number of fused-ring (bicyclic) bond motifs is 1. The van der Waals surface area contributed by atoms with E-state index in [4.69, 9.17) is 0 Å². The van der Waals surface area contributed by atoms with Gasteiger partial charge in [-0.15, -0.1) is 0 Å². The highest BCUT2D eigenvalue weighted by Gasteiger charge is 2.48. The van der Waals surface area contributed by atoms with Crippen LogP contribution in [0.4, 0.5) is 4.39 Å². The van der Waals surface area contributed by atoms with Crippen LogP contribution in [-0.4, -0.2) is 19.9 Å². The van der Waals surface area contributed by atoms with Gasteiger partial charge < -0.3 is 5.11 Å². The van der Waals surface area contributed by atoms with E-state index in [1.165, 1.54) is 18.5 Å². The molecule has 0 amide bonds. The number of aliphatic hydroxyl groups is 1. The van der Waals surface area contributed by atoms with Crippen molar-refractivity contribution in [2.45, 2.75) is 25.0 Å². The standard InChI is InChI=1S/C12H12FN3O/c1-8-10-4-9(13)2-3-11(10)12(8,17)5-16-7-14-6-15-16/h2-4,6-8,17H,5H2,1H3/t8-,12+/m0/s1. The molecule has 1 aliphatic rings. The lowest BCUT2D eigenvalue weighted by molar-refractivity contribution is -0.0340. The molecule has 0 saturated heterocycles. The van der Waals surface area contributed by atoms with Crippen molar-refractivity contribution in [2.24, 2.45) is 0 Å². The number of aromatic nitrogens is 3. The molecule has 0 radical (unpaired) electrons. The van der Waals surface area contributed by atoms with Gasteiger partial charge in [-0.25, -0.2) is 14.1 Å². The summed E-state index contributed by atoms with van der Waals surface area (Å²) in [5.74, 6) is -0.365. The summed E-state index contributed by atoms with van der Waals surface area (Å²) in [6.07, 6.45) is 2.99. The molecule has 2 atom stereocenters. The molecule has 3 rings (SSSR count). The van der Waals surface area contributed by atoms with Crippen LogP contribution < -0.4 is 0 Å². The van der Waals surface area contributed by atoms with E-state index < -0.39 is 5.60 Å². The Labute approximate surface area is 97.7 Å². The van der Waals surface area contributed by atoms with Crippen LogP contribution in [0.15, 0.2) is 30.9 Å². The van der Waals surface area contributed by atoms with Crippen molar-refractivity contribution in [3.05, 3.63) is 47.8 Å². The van der Waals surface area contributed by atoms with Crippen LogP contribution in [0.1, 0.15) is 24.0 Å². The van der Waals surface area contributed by atoms with E-state index >= 15 is 0 Å². The molecule has 1 aromatic heterocycles. The summed E-state index contributed by atoms with van der Waals surface area (Å²) in [7, 11) is 0. The molecule has 0 saturated carbocycles. The number of benzene rings is 1. The second-order valence-corrected chi connectivity index (χ2v) is 4.47. The lowest BCUT2D eigenvalue weighted by Crippen LogP contribution is -2.45. The van der Waals surface area contributed by atoms with Crippen LogP contribution in [-0.2, 0) is 12.1 Å². The van der Waals surface area contributed by atoms with Crippen LogP contribution in [0.25, 0.3) is 0 Å². The quantitative estimate of drug-likeness (QED) is 0.853. The number of hydrogen-bond donors (Lipinski definition) is 1. The van der Waals surface area contributed by atoms with Gasteiger partial charge in [0.25, 0.3) is 0 Å². The molecule has 17 heavy (non-hydrogen) atoms. The summed E-state index contributed by atoms with van der Waals surface area (Å²) >= 11 is 0. The molecule has 1 heterocycles. The molecule has 0 spiro atoms. The minimum absolute atomic E-state index is 0.0996. The Hall–Kier alpha value is -1.75. The predicted molar refractivity (Wildman–Crippen MR) is 58.7 cm³/mol. The highest BCUT2D eigenvalue weighted by molar-refractivity contribution is 5.47. The van der Waals surface area contributed by atoms with E-state index in [0.29, 0.717) is 6.54 Å². The molecule has 1 aliphatic carbocycles. The molecular weight excluding hydrogens is 221 g/mol. The van der Waals surface area contributed by atoms with E-state index in [0.717, 1.165) is 11.1 Å². The van der Waals surface area contributed by atoms with E-state index in [-0.39, 0.29) is 11.7 Å². The van der Waals surface area contributed by atoms with E-state index in [1.54, 1.807) is 17.1 Å². The van der Waals surface area contributed by atoms with Crippen molar-refractivity contribution in [3.63, 3.8) is 0 Å². The molecule has 2 aromatic rings.